The minimum atomic E-state index is -0.0581. The highest BCUT2D eigenvalue weighted by Gasteiger charge is 2.32. The molecular formula is C64H65N5O. The fourth-order valence-corrected chi connectivity index (χ4v) is 10.3. The van der Waals surface area contributed by atoms with Crippen LogP contribution in [0.4, 0.5) is 22.7 Å². The van der Waals surface area contributed by atoms with Crippen LogP contribution in [0.15, 0.2) is 164 Å². The van der Waals surface area contributed by atoms with Crippen LogP contribution in [0.3, 0.4) is 0 Å². The normalized spacial score (nSPS) is 13.6. The molecule has 0 N–H and O–H groups in total. The Morgan fingerprint density at radius 1 is 0.371 bits per heavy atom. The molecule has 0 unspecified atom stereocenters. The third-order valence-electron chi connectivity index (χ3n) is 14.4. The Hall–Kier alpha value is -7.31. The Morgan fingerprint density at radius 2 is 0.929 bits per heavy atom. The van der Waals surface area contributed by atoms with E-state index < -0.39 is 0 Å². The monoisotopic (exact) mass is 920 g/mol. The van der Waals surface area contributed by atoms with E-state index in [1.807, 2.05) is 6.20 Å². The zero-order chi connectivity index (χ0) is 49.1. The second-order valence-electron chi connectivity index (χ2n) is 23.6. The van der Waals surface area contributed by atoms with Crippen molar-refractivity contribution < 1.29 is 4.74 Å². The highest BCUT2D eigenvalue weighted by molar-refractivity contribution is 6.12. The average Bonchev–Trinajstić information content (AvgIpc) is 3.98. The molecule has 0 saturated heterocycles. The minimum absolute atomic E-state index is 0.00138. The largest absolute Gasteiger partial charge is 0.457 e. The first kappa shape index (κ1) is 45.2. The minimum Gasteiger partial charge on any atom is -0.457 e. The number of hydrogen-bond acceptors (Lipinski definition) is 4. The second-order valence-corrected chi connectivity index (χ2v) is 23.6. The third-order valence-corrected chi connectivity index (χ3v) is 14.4. The van der Waals surface area contributed by atoms with Crippen LogP contribution in [0.5, 0.6) is 11.5 Å². The molecular weight excluding hydrogens is 855 g/mol. The van der Waals surface area contributed by atoms with Crippen LogP contribution in [-0.4, -0.2) is 20.8 Å². The number of pyridine rings is 1. The van der Waals surface area contributed by atoms with Gasteiger partial charge in [-0.05, 0) is 129 Å². The molecule has 10 aromatic rings. The van der Waals surface area contributed by atoms with Crippen molar-refractivity contribution in [1.29, 1.82) is 0 Å². The molecule has 0 atom stereocenters. The van der Waals surface area contributed by atoms with Gasteiger partial charge in [0.25, 0.3) is 0 Å². The fourth-order valence-electron chi connectivity index (χ4n) is 10.3. The van der Waals surface area contributed by atoms with E-state index in [1.54, 1.807) is 0 Å². The van der Waals surface area contributed by atoms with Gasteiger partial charge in [-0.2, -0.15) is 0 Å². The molecule has 6 heteroatoms. The van der Waals surface area contributed by atoms with Crippen molar-refractivity contribution in [2.75, 3.05) is 16.5 Å². The maximum atomic E-state index is 6.92. The van der Waals surface area contributed by atoms with E-state index >= 15 is 0 Å². The molecule has 0 radical (unpaired) electrons. The summed E-state index contributed by atoms with van der Waals surface area (Å²) in [6.45, 7) is 28.2. The van der Waals surface area contributed by atoms with E-state index in [2.05, 4.69) is 260 Å². The molecule has 0 fully saturated rings. The molecule has 0 aliphatic carbocycles. The topological polar surface area (TPSA) is 38.5 Å². The molecule has 6 nitrogen and oxygen atoms in total. The summed E-state index contributed by atoms with van der Waals surface area (Å²) in [7, 11) is 0. The maximum Gasteiger partial charge on any atom is 0.137 e. The molecule has 11 rings (SSSR count). The summed E-state index contributed by atoms with van der Waals surface area (Å²) in [5.41, 5.74) is 15.4. The Labute approximate surface area is 413 Å². The number of benzene rings is 7. The van der Waals surface area contributed by atoms with Crippen molar-refractivity contribution >= 4 is 66.4 Å². The van der Waals surface area contributed by atoms with Crippen LogP contribution in [0.1, 0.15) is 105 Å². The lowest BCUT2D eigenvalue weighted by molar-refractivity contribution is 0.483. The number of para-hydroxylation sites is 2. The predicted molar refractivity (Wildman–Crippen MR) is 296 cm³/mol. The Bertz CT molecular complexity index is 3590. The molecule has 0 spiro atoms. The van der Waals surface area contributed by atoms with Crippen LogP contribution in [0.2, 0.25) is 0 Å². The van der Waals surface area contributed by atoms with Crippen LogP contribution in [0, 0.1) is 0 Å². The van der Waals surface area contributed by atoms with Gasteiger partial charge in [0.2, 0.25) is 0 Å². The van der Waals surface area contributed by atoms with E-state index in [4.69, 9.17) is 9.72 Å². The van der Waals surface area contributed by atoms with E-state index in [1.165, 1.54) is 61.1 Å². The molecule has 1 aliphatic rings. The molecule has 7 aromatic carbocycles. The number of rotatable bonds is 6. The zero-order valence-corrected chi connectivity index (χ0v) is 42.9. The van der Waals surface area contributed by atoms with Crippen molar-refractivity contribution in [3.05, 3.63) is 186 Å². The highest BCUT2D eigenvalue weighted by atomic mass is 16.5. The lowest BCUT2D eigenvalue weighted by Crippen LogP contribution is -2.25. The summed E-state index contributed by atoms with van der Waals surface area (Å²) >= 11 is 0. The van der Waals surface area contributed by atoms with Crippen molar-refractivity contribution in [3.63, 3.8) is 0 Å². The molecule has 3 aromatic heterocycles. The van der Waals surface area contributed by atoms with Gasteiger partial charge in [0.15, 0.2) is 0 Å². The quantitative estimate of drug-likeness (QED) is 0.167. The molecule has 0 saturated carbocycles. The van der Waals surface area contributed by atoms with Crippen LogP contribution >= 0.6 is 0 Å². The van der Waals surface area contributed by atoms with Crippen molar-refractivity contribution in [2.24, 2.45) is 0 Å². The lowest BCUT2D eigenvalue weighted by atomic mass is 9.80. The summed E-state index contributed by atoms with van der Waals surface area (Å²) in [6, 6.07) is 57.9. The van der Waals surface area contributed by atoms with Gasteiger partial charge >= 0.3 is 0 Å². The maximum absolute atomic E-state index is 6.92. The Morgan fingerprint density at radius 3 is 1.57 bits per heavy atom. The van der Waals surface area contributed by atoms with E-state index in [0.717, 1.165) is 50.5 Å². The van der Waals surface area contributed by atoms with Crippen molar-refractivity contribution in [2.45, 2.75) is 105 Å². The summed E-state index contributed by atoms with van der Waals surface area (Å²) in [6.07, 6.45) is 1.95. The summed E-state index contributed by atoms with van der Waals surface area (Å²) in [5, 5.41) is 4.78. The van der Waals surface area contributed by atoms with Crippen LogP contribution in [0.25, 0.3) is 55.1 Å². The molecule has 1 aliphatic heterocycles. The average molecular weight is 920 g/mol. The van der Waals surface area contributed by atoms with Gasteiger partial charge in [0, 0.05) is 56.9 Å². The molecule has 0 amide bonds. The summed E-state index contributed by atoms with van der Waals surface area (Å²) in [4.78, 5) is 10.00. The first-order chi connectivity index (χ1) is 33.2. The van der Waals surface area contributed by atoms with Gasteiger partial charge in [-0.1, -0.05) is 144 Å². The van der Waals surface area contributed by atoms with E-state index in [9.17, 15) is 0 Å². The van der Waals surface area contributed by atoms with Gasteiger partial charge < -0.3 is 19.1 Å². The zero-order valence-electron chi connectivity index (χ0n) is 42.9. The van der Waals surface area contributed by atoms with Gasteiger partial charge in [-0.15, -0.1) is 0 Å². The molecule has 4 heterocycles. The van der Waals surface area contributed by atoms with E-state index in [-0.39, 0.29) is 21.7 Å². The number of anilines is 4. The Kier molecular flexibility index (Phi) is 10.4. The summed E-state index contributed by atoms with van der Waals surface area (Å²) < 4.78 is 11.6. The van der Waals surface area contributed by atoms with E-state index in [0.29, 0.717) is 6.67 Å². The molecule has 0 bridgehead atoms. The highest BCUT2D eigenvalue weighted by Crippen LogP contribution is 2.48. The van der Waals surface area contributed by atoms with Crippen LogP contribution in [-0.2, 0) is 21.7 Å². The predicted octanol–water partition coefficient (Wildman–Crippen LogP) is 17.5. The number of hydrogen-bond donors (Lipinski definition) is 0. The SMILES string of the molecule is CC(C)(C)c1cc(N2CN(c3cccc(Oc4ccc5c6ccc(-n7c8ccccc8c8ccccc87)cc6n(-c6cc(C(C)(C)C)ccn6)c5c4)c3)c3ccc(C(C)(C)C)cc32)cc(C(C)(C)C)c1. The number of aromatic nitrogens is 3. The van der Waals surface area contributed by atoms with Gasteiger partial charge in [-0.3, -0.25) is 4.57 Å². The Balaban J connectivity index is 1.01. The van der Waals surface area contributed by atoms with Gasteiger partial charge in [0.05, 0.1) is 33.4 Å². The molecule has 352 valence electrons. The second kappa shape index (κ2) is 16.1. The number of ether oxygens (including phenoxy) is 1. The number of nitrogens with zero attached hydrogens (tertiary/aromatic N) is 5. The van der Waals surface area contributed by atoms with Crippen molar-refractivity contribution in [3.8, 4) is 23.0 Å². The first-order valence-corrected chi connectivity index (χ1v) is 24.9. The van der Waals surface area contributed by atoms with Crippen molar-refractivity contribution in [1.82, 2.24) is 14.1 Å². The fraction of sp³-hybridized carbons (Fsp3) is 0.266. The molecule has 70 heavy (non-hydrogen) atoms. The lowest BCUT2D eigenvalue weighted by Gasteiger charge is -2.29. The van der Waals surface area contributed by atoms with Gasteiger partial charge in [-0.25, -0.2) is 4.98 Å². The third kappa shape index (κ3) is 7.88. The smallest absolute Gasteiger partial charge is 0.137 e. The first-order valence-electron chi connectivity index (χ1n) is 24.9. The number of fused-ring (bicyclic) bond motifs is 7. The standard InChI is InChI=1S/C64H65N5O/c1-61(2,3)41-24-29-56-59(35-41)67(47-33-43(63(7,8)9)32-44(34-47)64(10,11)12)40-66(56)45-18-17-19-48(37-45)70-49-26-28-53-52-27-25-46(68-54-22-15-13-20-50(54)51-21-14-16-23-55(51)68)38-57(52)69(58(53)39-49)60-36-42(30-31-65-60)62(4,5)6/h13-39H,40H2,1-12H3. The summed E-state index contributed by atoms with van der Waals surface area (Å²) in [5.74, 6) is 2.41. The van der Waals surface area contributed by atoms with Gasteiger partial charge in [0.1, 0.15) is 24.0 Å². The van der Waals surface area contributed by atoms with Crippen LogP contribution < -0.4 is 14.5 Å².